The standard InChI is InChI=1S/C21H22N2O6S/c1-27-13-14-29-18-8-6-17(7-9-18)23-21(24)16-4-10-20(11-5-16)30(25,26)22-15-19-3-2-12-28-19/h2-12,22H,13-15H2,1H3,(H,23,24). The Morgan fingerprint density at radius 3 is 2.37 bits per heavy atom. The number of nitrogens with one attached hydrogen (secondary N) is 2. The van der Waals surface area contributed by atoms with E-state index in [-0.39, 0.29) is 17.3 Å². The van der Waals surface area contributed by atoms with E-state index in [1.54, 1.807) is 43.5 Å². The molecule has 0 atom stereocenters. The van der Waals surface area contributed by atoms with Crippen LogP contribution in [0.3, 0.4) is 0 Å². The molecule has 1 heterocycles. The van der Waals surface area contributed by atoms with Crippen LogP contribution in [0.2, 0.25) is 0 Å². The number of anilines is 1. The lowest BCUT2D eigenvalue weighted by atomic mass is 10.2. The number of benzene rings is 2. The summed E-state index contributed by atoms with van der Waals surface area (Å²) in [5.74, 6) is 0.821. The Hall–Kier alpha value is -3.14. The van der Waals surface area contributed by atoms with Gasteiger partial charge in [-0.25, -0.2) is 13.1 Å². The molecule has 30 heavy (non-hydrogen) atoms. The number of amides is 1. The summed E-state index contributed by atoms with van der Waals surface area (Å²) in [4.78, 5) is 12.5. The normalized spacial score (nSPS) is 11.2. The van der Waals surface area contributed by atoms with Gasteiger partial charge < -0.3 is 19.2 Å². The number of sulfonamides is 1. The van der Waals surface area contributed by atoms with Gasteiger partial charge in [0.2, 0.25) is 10.0 Å². The number of carbonyl (C=O) groups is 1. The number of ether oxygens (including phenoxy) is 2. The summed E-state index contributed by atoms with van der Waals surface area (Å²) >= 11 is 0. The van der Waals surface area contributed by atoms with Crippen molar-refractivity contribution in [3.05, 3.63) is 78.3 Å². The fourth-order valence-electron chi connectivity index (χ4n) is 2.53. The quantitative estimate of drug-likeness (QED) is 0.479. The molecular weight excluding hydrogens is 408 g/mol. The number of methoxy groups -OCH3 is 1. The highest BCUT2D eigenvalue weighted by Crippen LogP contribution is 2.17. The maximum atomic E-state index is 12.4. The first-order valence-corrected chi connectivity index (χ1v) is 10.6. The molecular formula is C21H22N2O6S. The van der Waals surface area contributed by atoms with Crippen LogP contribution < -0.4 is 14.8 Å². The zero-order valence-electron chi connectivity index (χ0n) is 16.3. The fraction of sp³-hybridized carbons (Fsp3) is 0.190. The summed E-state index contributed by atoms with van der Waals surface area (Å²) < 4.78 is 42.7. The molecule has 0 aliphatic carbocycles. The van der Waals surface area contributed by atoms with Crippen LogP contribution in [-0.4, -0.2) is 34.6 Å². The van der Waals surface area contributed by atoms with E-state index in [0.29, 0.717) is 36.0 Å². The van der Waals surface area contributed by atoms with E-state index in [9.17, 15) is 13.2 Å². The molecule has 2 N–H and O–H groups in total. The highest BCUT2D eigenvalue weighted by atomic mass is 32.2. The van der Waals surface area contributed by atoms with Gasteiger partial charge in [-0.3, -0.25) is 4.79 Å². The van der Waals surface area contributed by atoms with Gasteiger partial charge in [0.15, 0.2) is 0 Å². The molecule has 0 aliphatic rings. The van der Waals surface area contributed by atoms with E-state index in [4.69, 9.17) is 13.9 Å². The van der Waals surface area contributed by atoms with Gasteiger partial charge in [0, 0.05) is 18.4 Å². The Balaban J connectivity index is 1.58. The topological polar surface area (TPSA) is 107 Å². The van der Waals surface area contributed by atoms with Crippen LogP contribution >= 0.6 is 0 Å². The zero-order chi connectivity index (χ0) is 21.4. The molecule has 0 saturated carbocycles. The lowest BCUT2D eigenvalue weighted by Gasteiger charge is -2.09. The van der Waals surface area contributed by atoms with Crippen molar-refractivity contribution >= 4 is 21.6 Å². The van der Waals surface area contributed by atoms with Crippen LogP contribution in [0.15, 0.2) is 76.2 Å². The number of furan rings is 1. The Kier molecular flexibility index (Phi) is 7.23. The molecule has 0 unspecified atom stereocenters. The summed E-state index contributed by atoms with van der Waals surface area (Å²) in [5.41, 5.74) is 0.927. The average Bonchev–Trinajstić information content (AvgIpc) is 3.28. The maximum Gasteiger partial charge on any atom is 0.255 e. The van der Waals surface area contributed by atoms with E-state index in [0.717, 1.165) is 0 Å². The summed E-state index contributed by atoms with van der Waals surface area (Å²) in [7, 11) is -2.12. The number of hydrogen-bond acceptors (Lipinski definition) is 6. The van der Waals surface area contributed by atoms with Crippen molar-refractivity contribution in [3.8, 4) is 5.75 Å². The summed E-state index contributed by atoms with van der Waals surface area (Å²) in [5, 5.41) is 2.76. The van der Waals surface area contributed by atoms with Crippen molar-refractivity contribution in [3.63, 3.8) is 0 Å². The van der Waals surface area contributed by atoms with Crippen LogP contribution in [0.25, 0.3) is 0 Å². The summed E-state index contributed by atoms with van der Waals surface area (Å²) in [6, 6.07) is 16.0. The number of rotatable bonds is 10. The molecule has 0 saturated heterocycles. The zero-order valence-corrected chi connectivity index (χ0v) is 17.1. The highest BCUT2D eigenvalue weighted by molar-refractivity contribution is 7.89. The van der Waals surface area contributed by atoms with Crippen molar-refractivity contribution in [2.24, 2.45) is 0 Å². The van der Waals surface area contributed by atoms with E-state index in [1.807, 2.05) is 0 Å². The van der Waals surface area contributed by atoms with Gasteiger partial charge in [0.25, 0.3) is 5.91 Å². The third-order valence-corrected chi connectivity index (χ3v) is 5.53. The lowest BCUT2D eigenvalue weighted by Crippen LogP contribution is -2.23. The van der Waals surface area contributed by atoms with Crippen molar-refractivity contribution < 1.29 is 27.1 Å². The molecule has 9 heteroatoms. The number of carbonyl (C=O) groups excluding carboxylic acids is 1. The summed E-state index contributed by atoms with van der Waals surface area (Å²) in [6.07, 6.45) is 1.47. The van der Waals surface area contributed by atoms with Crippen molar-refractivity contribution in [1.29, 1.82) is 0 Å². The third kappa shape index (κ3) is 5.93. The second-order valence-electron chi connectivity index (χ2n) is 6.25. The van der Waals surface area contributed by atoms with Crippen LogP contribution in [0.4, 0.5) is 5.69 Å². The molecule has 0 spiro atoms. The highest BCUT2D eigenvalue weighted by Gasteiger charge is 2.15. The molecule has 8 nitrogen and oxygen atoms in total. The molecule has 1 amide bonds. The average molecular weight is 430 g/mol. The maximum absolute atomic E-state index is 12.4. The third-order valence-electron chi connectivity index (χ3n) is 4.11. The van der Waals surface area contributed by atoms with Gasteiger partial charge in [0.05, 0.1) is 24.3 Å². The minimum atomic E-state index is -3.72. The monoisotopic (exact) mass is 430 g/mol. The molecule has 0 radical (unpaired) electrons. The predicted octanol–water partition coefficient (Wildman–Crippen LogP) is 3.04. The lowest BCUT2D eigenvalue weighted by molar-refractivity contribution is 0.102. The molecule has 3 rings (SSSR count). The van der Waals surface area contributed by atoms with E-state index >= 15 is 0 Å². The van der Waals surface area contributed by atoms with Gasteiger partial charge in [-0.2, -0.15) is 0 Å². The second kappa shape index (κ2) is 10.1. The van der Waals surface area contributed by atoms with Crippen molar-refractivity contribution in [2.75, 3.05) is 25.6 Å². The van der Waals surface area contributed by atoms with Crippen LogP contribution in [0, 0.1) is 0 Å². The molecule has 2 aromatic carbocycles. The summed E-state index contributed by atoms with van der Waals surface area (Å²) in [6.45, 7) is 0.971. The number of hydrogen-bond donors (Lipinski definition) is 2. The smallest absolute Gasteiger partial charge is 0.255 e. The van der Waals surface area contributed by atoms with Crippen molar-refractivity contribution in [1.82, 2.24) is 4.72 Å². The molecule has 0 fully saturated rings. The molecule has 3 aromatic rings. The van der Waals surface area contributed by atoms with E-state index in [1.165, 1.54) is 30.5 Å². The molecule has 0 aliphatic heterocycles. The van der Waals surface area contributed by atoms with Gasteiger partial charge in [-0.05, 0) is 60.7 Å². The van der Waals surface area contributed by atoms with Crippen LogP contribution in [0.5, 0.6) is 5.75 Å². The SMILES string of the molecule is COCCOc1ccc(NC(=O)c2ccc(S(=O)(=O)NCc3ccco3)cc2)cc1. The van der Waals surface area contributed by atoms with Crippen LogP contribution in [-0.2, 0) is 21.3 Å². The first kappa shape index (κ1) is 21.6. The minimum Gasteiger partial charge on any atom is -0.491 e. The van der Waals surface area contributed by atoms with Gasteiger partial charge in [0.1, 0.15) is 18.1 Å². The first-order chi connectivity index (χ1) is 14.5. The fourth-order valence-corrected chi connectivity index (χ4v) is 3.52. The van der Waals surface area contributed by atoms with Gasteiger partial charge in [-0.15, -0.1) is 0 Å². The molecule has 158 valence electrons. The largest absolute Gasteiger partial charge is 0.491 e. The second-order valence-corrected chi connectivity index (χ2v) is 8.02. The minimum absolute atomic E-state index is 0.0444. The van der Waals surface area contributed by atoms with E-state index in [2.05, 4.69) is 10.0 Å². The van der Waals surface area contributed by atoms with E-state index < -0.39 is 10.0 Å². The molecule has 0 bridgehead atoms. The van der Waals surface area contributed by atoms with Crippen molar-refractivity contribution in [2.45, 2.75) is 11.4 Å². The Morgan fingerprint density at radius 1 is 1.00 bits per heavy atom. The molecule has 1 aromatic heterocycles. The Morgan fingerprint density at radius 2 is 1.73 bits per heavy atom. The Labute approximate surface area is 174 Å². The van der Waals surface area contributed by atoms with Gasteiger partial charge >= 0.3 is 0 Å². The Bertz CT molecular complexity index is 1050. The van der Waals surface area contributed by atoms with Crippen LogP contribution in [0.1, 0.15) is 16.1 Å². The predicted molar refractivity (Wildman–Crippen MR) is 111 cm³/mol. The first-order valence-electron chi connectivity index (χ1n) is 9.13. The van der Waals surface area contributed by atoms with Gasteiger partial charge in [-0.1, -0.05) is 0 Å².